The van der Waals surface area contributed by atoms with Crippen LogP contribution in [0.5, 0.6) is 0 Å². The van der Waals surface area contributed by atoms with Crippen LogP contribution in [0.2, 0.25) is 0 Å². The number of nitrogens with zero attached hydrogens (tertiary/aromatic N) is 3. The van der Waals surface area contributed by atoms with Crippen LogP contribution in [-0.4, -0.2) is 29.9 Å². The third kappa shape index (κ3) is 3.43. The quantitative estimate of drug-likeness (QED) is 0.567. The third-order valence-corrected chi connectivity index (χ3v) is 4.62. The summed E-state index contributed by atoms with van der Waals surface area (Å²) in [6.45, 7) is 1.99. The molecule has 0 aliphatic rings. The van der Waals surface area contributed by atoms with Gasteiger partial charge in [0, 0.05) is 31.9 Å². The molecule has 128 valence electrons. The molecule has 1 heterocycles. The van der Waals surface area contributed by atoms with Crippen LogP contribution in [0.15, 0.2) is 36.4 Å². The van der Waals surface area contributed by atoms with Gasteiger partial charge in [-0.25, -0.2) is 4.98 Å². The maximum Gasteiger partial charge on any atom is 0.270 e. The van der Waals surface area contributed by atoms with E-state index in [0.717, 1.165) is 15.8 Å². The highest BCUT2D eigenvalue weighted by Gasteiger charge is 2.19. The number of carbonyl (C=O) groups excluding carboxylic acids is 1. The molecular formula is C17H16N4O3S. The minimum Gasteiger partial charge on any atom is -0.377 e. The van der Waals surface area contributed by atoms with Gasteiger partial charge in [-0.05, 0) is 30.7 Å². The van der Waals surface area contributed by atoms with Crippen molar-refractivity contribution in [1.29, 1.82) is 0 Å². The van der Waals surface area contributed by atoms with E-state index in [1.165, 1.54) is 23.5 Å². The van der Waals surface area contributed by atoms with E-state index in [1.807, 2.05) is 25.1 Å². The molecular weight excluding hydrogens is 340 g/mol. The van der Waals surface area contributed by atoms with Crippen LogP contribution < -0.4 is 10.2 Å². The number of carbonyl (C=O) groups is 1. The van der Waals surface area contributed by atoms with Gasteiger partial charge in [0.05, 0.1) is 20.7 Å². The first kappa shape index (κ1) is 16.8. The van der Waals surface area contributed by atoms with E-state index in [2.05, 4.69) is 10.3 Å². The van der Waals surface area contributed by atoms with E-state index in [9.17, 15) is 14.9 Å². The molecule has 1 N–H and O–H groups in total. The lowest BCUT2D eigenvalue weighted by Gasteiger charge is -2.16. The molecule has 8 heteroatoms. The van der Waals surface area contributed by atoms with Gasteiger partial charge >= 0.3 is 0 Å². The Labute approximate surface area is 148 Å². The molecule has 0 aliphatic heterocycles. The number of rotatable bonds is 4. The Bertz CT molecular complexity index is 981. The normalized spacial score (nSPS) is 10.7. The van der Waals surface area contributed by atoms with Crippen LogP contribution in [0.3, 0.4) is 0 Å². The van der Waals surface area contributed by atoms with Crippen molar-refractivity contribution in [3.05, 3.63) is 57.6 Å². The summed E-state index contributed by atoms with van der Waals surface area (Å²) in [6, 6.07) is 10.1. The number of amides is 1. The zero-order valence-electron chi connectivity index (χ0n) is 13.9. The number of aryl methyl sites for hydroxylation is 1. The highest BCUT2D eigenvalue weighted by atomic mass is 32.1. The second-order valence-corrected chi connectivity index (χ2v) is 6.83. The summed E-state index contributed by atoms with van der Waals surface area (Å²) < 4.78 is 0.974. The summed E-state index contributed by atoms with van der Waals surface area (Å²) in [5, 5.41) is 14.2. The number of thiazole rings is 1. The number of non-ortho nitro benzene ring substituents is 1. The van der Waals surface area contributed by atoms with Crippen LogP contribution in [0, 0.1) is 17.0 Å². The highest BCUT2D eigenvalue weighted by molar-refractivity contribution is 7.22. The van der Waals surface area contributed by atoms with Gasteiger partial charge in [0.1, 0.15) is 0 Å². The monoisotopic (exact) mass is 356 g/mol. The topological polar surface area (TPSA) is 88.4 Å². The van der Waals surface area contributed by atoms with Crippen molar-refractivity contribution >= 4 is 44.0 Å². The van der Waals surface area contributed by atoms with Crippen molar-refractivity contribution in [2.24, 2.45) is 0 Å². The molecule has 3 aromatic rings. The number of nitro groups is 1. The van der Waals surface area contributed by atoms with Gasteiger partial charge in [0.15, 0.2) is 5.13 Å². The second kappa shape index (κ2) is 6.48. The standard InChI is InChI=1S/C17H16N4O3S/c1-10-4-6-13-15(8-10)25-17(18-13)19-16(22)12-9-11(21(23)24)5-7-14(12)20(2)3/h4-9H,1-3H3,(H,18,19,22). The first-order valence-electron chi connectivity index (χ1n) is 7.49. The molecule has 25 heavy (non-hydrogen) atoms. The Balaban J connectivity index is 1.96. The van der Waals surface area contributed by atoms with Crippen LogP contribution in [0.25, 0.3) is 10.2 Å². The fourth-order valence-corrected chi connectivity index (χ4v) is 3.42. The molecule has 1 amide bonds. The fraction of sp³-hybridized carbons (Fsp3) is 0.176. The summed E-state index contributed by atoms with van der Waals surface area (Å²) in [6.07, 6.45) is 0. The van der Waals surface area contributed by atoms with Gasteiger partial charge in [-0.2, -0.15) is 0 Å². The van der Waals surface area contributed by atoms with E-state index in [0.29, 0.717) is 10.8 Å². The molecule has 0 atom stereocenters. The van der Waals surface area contributed by atoms with Crippen molar-refractivity contribution in [3.8, 4) is 0 Å². The molecule has 0 fully saturated rings. The van der Waals surface area contributed by atoms with Gasteiger partial charge in [-0.15, -0.1) is 0 Å². The van der Waals surface area contributed by atoms with Crippen molar-refractivity contribution in [2.45, 2.75) is 6.92 Å². The molecule has 0 saturated heterocycles. The summed E-state index contributed by atoms with van der Waals surface area (Å²) >= 11 is 1.37. The Kier molecular flexibility index (Phi) is 4.37. The van der Waals surface area contributed by atoms with Crippen LogP contribution in [0.1, 0.15) is 15.9 Å². The number of benzene rings is 2. The molecule has 0 saturated carbocycles. The molecule has 0 bridgehead atoms. The number of hydrogen-bond donors (Lipinski definition) is 1. The molecule has 0 radical (unpaired) electrons. The first-order chi connectivity index (χ1) is 11.8. The van der Waals surface area contributed by atoms with Gasteiger partial charge in [0.2, 0.25) is 0 Å². The number of nitrogens with one attached hydrogen (secondary N) is 1. The SMILES string of the molecule is Cc1ccc2nc(NC(=O)c3cc([N+](=O)[O-])ccc3N(C)C)sc2c1. The van der Waals surface area contributed by atoms with Crippen molar-refractivity contribution in [2.75, 3.05) is 24.3 Å². The minimum atomic E-state index is -0.517. The fourth-order valence-electron chi connectivity index (χ4n) is 2.46. The third-order valence-electron chi connectivity index (χ3n) is 3.68. The smallest absolute Gasteiger partial charge is 0.270 e. The summed E-state index contributed by atoms with van der Waals surface area (Å²) in [7, 11) is 3.55. The molecule has 0 aliphatic carbocycles. The molecule has 3 rings (SSSR count). The number of aromatic nitrogens is 1. The number of nitro benzene ring substituents is 1. The van der Waals surface area contributed by atoms with Crippen LogP contribution in [0.4, 0.5) is 16.5 Å². The van der Waals surface area contributed by atoms with E-state index in [-0.39, 0.29) is 11.3 Å². The van der Waals surface area contributed by atoms with Crippen molar-refractivity contribution < 1.29 is 9.72 Å². The maximum atomic E-state index is 12.7. The van der Waals surface area contributed by atoms with E-state index in [1.54, 1.807) is 25.1 Å². The molecule has 2 aromatic carbocycles. The average molecular weight is 356 g/mol. The van der Waals surface area contributed by atoms with Gasteiger partial charge in [-0.3, -0.25) is 20.2 Å². The number of anilines is 2. The lowest BCUT2D eigenvalue weighted by atomic mass is 10.1. The van der Waals surface area contributed by atoms with Gasteiger partial charge in [0.25, 0.3) is 11.6 Å². The Morgan fingerprint density at radius 3 is 2.68 bits per heavy atom. The van der Waals surface area contributed by atoms with E-state index >= 15 is 0 Å². The highest BCUT2D eigenvalue weighted by Crippen LogP contribution is 2.29. The Morgan fingerprint density at radius 2 is 2.00 bits per heavy atom. The summed E-state index contributed by atoms with van der Waals surface area (Å²) in [5.74, 6) is -0.428. The lowest BCUT2D eigenvalue weighted by molar-refractivity contribution is -0.384. The molecule has 0 unspecified atom stereocenters. The van der Waals surface area contributed by atoms with Gasteiger partial charge < -0.3 is 4.90 Å². The Morgan fingerprint density at radius 1 is 1.24 bits per heavy atom. The van der Waals surface area contributed by atoms with Crippen LogP contribution in [-0.2, 0) is 0 Å². The summed E-state index contributed by atoms with van der Waals surface area (Å²) in [4.78, 5) is 29.3. The molecule has 7 nitrogen and oxygen atoms in total. The Hall–Kier alpha value is -3.00. The van der Waals surface area contributed by atoms with Crippen LogP contribution >= 0.6 is 11.3 Å². The minimum absolute atomic E-state index is 0.129. The molecule has 1 aromatic heterocycles. The average Bonchev–Trinajstić information content (AvgIpc) is 2.95. The predicted molar refractivity (Wildman–Crippen MR) is 99.7 cm³/mol. The number of fused-ring (bicyclic) bond motifs is 1. The molecule has 0 spiro atoms. The second-order valence-electron chi connectivity index (χ2n) is 5.80. The lowest BCUT2D eigenvalue weighted by Crippen LogP contribution is -2.18. The largest absolute Gasteiger partial charge is 0.377 e. The first-order valence-corrected chi connectivity index (χ1v) is 8.31. The number of hydrogen-bond acceptors (Lipinski definition) is 6. The van der Waals surface area contributed by atoms with E-state index < -0.39 is 10.8 Å². The summed E-state index contributed by atoms with van der Waals surface area (Å²) in [5.41, 5.74) is 2.62. The predicted octanol–water partition coefficient (Wildman–Crippen LogP) is 3.83. The van der Waals surface area contributed by atoms with E-state index in [4.69, 9.17) is 0 Å². The van der Waals surface area contributed by atoms with Crippen molar-refractivity contribution in [3.63, 3.8) is 0 Å². The maximum absolute atomic E-state index is 12.7. The zero-order chi connectivity index (χ0) is 18.1. The zero-order valence-corrected chi connectivity index (χ0v) is 14.8. The van der Waals surface area contributed by atoms with Crippen molar-refractivity contribution in [1.82, 2.24) is 4.98 Å². The van der Waals surface area contributed by atoms with Gasteiger partial charge in [-0.1, -0.05) is 17.4 Å².